The molecule has 2 rings (SSSR count). The smallest absolute Gasteiger partial charge is 0.0763 e. The Labute approximate surface area is 85.5 Å². The lowest BCUT2D eigenvalue weighted by atomic mass is 9.80. The van der Waals surface area contributed by atoms with Crippen molar-refractivity contribution in [2.24, 2.45) is 0 Å². The number of nitrogens with one attached hydrogen (secondary N) is 1. The topological polar surface area (TPSA) is 12.0 Å². The summed E-state index contributed by atoms with van der Waals surface area (Å²) in [6.45, 7) is 0.605. The SMILES string of the molecule is C#CCNc1cccc(C2CCC2)c1. The first-order valence-corrected chi connectivity index (χ1v) is 5.17. The molecule has 0 unspecified atom stereocenters. The van der Waals surface area contributed by atoms with Gasteiger partial charge in [-0.05, 0) is 36.5 Å². The molecule has 1 aliphatic rings. The van der Waals surface area contributed by atoms with E-state index in [4.69, 9.17) is 6.42 Å². The van der Waals surface area contributed by atoms with Gasteiger partial charge in [-0.25, -0.2) is 0 Å². The van der Waals surface area contributed by atoms with E-state index in [0.717, 1.165) is 11.6 Å². The van der Waals surface area contributed by atoms with Crippen molar-refractivity contribution in [2.45, 2.75) is 25.2 Å². The average Bonchev–Trinajstić information content (AvgIpc) is 2.13. The molecule has 1 aliphatic carbocycles. The van der Waals surface area contributed by atoms with Crippen LogP contribution in [0.25, 0.3) is 0 Å². The van der Waals surface area contributed by atoms with Gasteiger partial charge in [-0.15, -0.1) is 6.42 Å². The molecule has 1 N–H and O–H groups in total. The standard InChI is InChI=1S/C13H15N/c1-2-9-14-13-8-4-7-12(10-13)11-5-3-6-11/h1,4,7-8,10-11,14H,3,5-6,9H2. The maximum atomic E-state index is 5.20. The second kappa shape index (κ2) is 4.19. The average molecular weight is 185 g/mol. The van der Waals surface area contributed by atoms with Gasteiger partial charge in [0, 0.05) is 5.69 Å². The Hall–Kier alpha value is -1.42. The van der Waals surface area contributed by atoms with E-state index in [9.17, 15) is 0 Å². The maximum Gasteiger partial charge on any atom is 0.0763 e. The van der Waals surface area contributed by atoms with Crippen LogP contribution in [0.5, 0.6) is 0 Å². The molecule has 0 aliphatic heterocycles. The normalized spacial score (nSPS) is 15.6. The number of anilines is 1. The van der Waals surface area contributed by atoms with Crippen molar-refractivity contribution in [3.63, 3.8) is 0 Å². The molecule has 1 fully saturated rings. The molecule has 1 aromatic carbocycles. The van der Waals surface area contributed by atoms with E-state index in [1.54, 1.807) is 0 Å². The van der Waals surface area contributed by atoms with Crippen LogP contribution in [0.2, 0.25) is 0 Å². The van der Waals surface area contributed by atoms with Gasteiger partial charge in [0.15, 0.2) is 0 Å². The summed E-state index contributed by atoms with van der Waals surface area (Å²) in [5.74, 6) is 3.38. The highest BCUT2D eigenvalue weighted by Crippen LogP contribution is 2.36. The monoisotopic (exact) mass is 185 g/mol. The Balaban J connectivity index is 2.06. The molecule has 0 spiro atoms. The highest BCUT2D eigenvalue weighted by Gasteiger charge is 2.19. The van der Waals surface area contributed by atoms with Gasteiger partial charge in [-0.2, -0.15) is 0 Å². The molecular formula is C13H15N. The number of rotatable bonds is 3. The van der Waals surface area contributed by atoms with Gasteiger partial charge >= 0.3 is 0 Å². The van der Waals surface area contributed by atoms with Crippen LogP contribution in [0, 0.1) is 12.3 Å². The summed E-state index contributed by atoms with van der Waals surface area (Å²) in [4.78, 5) is 0. The van der Waals surface area contributed by atoms with Crippen LogP contribution >= 0.6 is 0 Å². The number of hydrogen-bond acceptors (Lipinski definition) is 1. The van der Waals surface area contributed by atoms with Crippen molar-refractivity contribution >= 4 is 5.69 Å². The first-order valence-electron chi connectivity index (χ1n) is 5.17. The molecule has 1 aromatic rings. The molecule has 1 saturated carbocycles. The summed E-state index contributed by atoms with van der Waals surface area (Å²) in [6, 6.07) is 8.61. The van der Waals surface area contributed by atoms with Crippen LogP contribution in [0.15, 0.2) is 24.3 Å². The number of hydrogen-bond donors (Lipinski definition) is 1. The van der Waals surface area contributed by atoms with Gasteiger partial charge < -0.3 is 5.32 Å². The highest BCUT2D eigenvalue weighted by atomic mass is 14.8. The summed E-state index contributed by atoms with van der Waals surface area (Å²) in [5.41, 5.74) is 2.60. The quantitative estimate of drug-likeness (QED) is 0.714. The van der Waals surface area contributed by atoms with Crippen LogP contribution in [0.3, 0.4) is 0 Å². The minimum atomic E-state index is 0.605. The fourth-order valence-corrected chi connectivity index (χ4v) is 1.80. The molecule has 14 heavy (non-hydrogen) atoms. The van der Waals surface area contributed by atoms with Crippen molar-refractivity contribution in [3.8, 4) is 12.3 Å². The van der Waals surface area contributed by atoms with Crippen LogP contribution < -0.4 is 5.32 Å². The molecule has 0 saturated heterocycles. The van der Waals surface area contributed by atoms with Gasteiger partial charge in [0.05, 0.1) is 6.54 Å². The fraction of sp³-hybridized carbons (Fsp3) is 0.385. The van der Waals surface area contributed by atoms with Crippen molar-refractivity contribution in [1.82, 2.24) is 0 Å². The molecule has 0 atom stereocenters. The van der Waals surface area contributed by atoms with Crippen molar-refractivity contribution in [2.75, 3.05) is 11.9 Å². The lowest BCUT2D eigenvalue weighted by Crippen LogP contribution is -2.09. The van der Waals surface area contributed by atoms with Crippen LogP contribution in [0.1, 0.15) is 30.7 Å². The Kier molecular flexibility index (Phi) is 2.74. The van der Waals surface area contributed by atoms with Crippen LogP contribution in [0.4, 0.5) is 5.69 Å². The molecule has 0 amide bonds. The van der Waals surface area contributed by atoms with Gasteiger partial charge in [-0.3, -0.25) is 0 Å². The molecule has 1 nitrogen and oxygen atoms in total. The summed E-state index contributed by atoms with van der Waals surface area (Å²) < 4.78 is 0. The molecule has 0 bridgehead atoms. The van der Waals surface area contributed by atoms with E-state index in [1.165, 1.54) is 24.8 Å². The first kappa shape index (κ1) is 9.15. The summed E-state index contributed by atoms with van der Waals surface area (Å²) in [6.07, 6.45) is 9.27. The minimum absolute atomic E-state index is 0.605. The van der Waals surface area contributed by atoms with Gasteiger partial charge in [0.2, 0.25) is 0 Å². The van der Waals surface area contributed by atoms with Crippen molar-refractivity contribution < 1.29 is 0 Å². The van der Waals surface area contributed by atoms with E-state index in [0.29, 0.717) is 6.54 Å². The Morgan fingerprint density at radius 3 is 2.93 bits per heavy atom. The molecule has 72 valence electrons. The van der Waals surface area contributed by atoms with E-state index in [1.807, 2.05) is 0 Å². The minimum Gasteiger partial charge on any atom is -0.374 e. The van der Waals surface area contributed by atoms with E-state index in [2.05, 4.69) is 35.5 Å². The third-order valence-electron chi connectivity index (χ3n) is 2.86. The Morgan fingerprint density at radius 1 is 1.43 bits per heavy atom. The Morgan fingerprint density at radius 2 is 2.29 bits per heavy atom. The predicted octanol–water partition coefficient (Wildman–Crippen LogP) is 3.00. The van der Waals surface area contributed by atoms with E-state index >= 15 is 0 Å². The lowest BCUT2D eigenvalue weighted by Gasteiger charge is -2.26. The van der Waals surface area contributed by atoms with Gasteiger partial charge in [-0.1, -0.05) is 24.5 Å². The zero-order chi connectivity index (χ0) is 9.80. The first-order chi connectivity index (χ1) is 6.90. The summed E-state index contributed by atoms with van der Waals surface area (Å²) in [7, 11) is 0. The van der Waals surface area contributed by atoms with Gasteiger partial charge in [0.1, 0.15) is 0 Å². The zero-order valence-corrected chi connectivity index (χ0v) is 8.29. The number of terminal acetylenes is 1. The second-order valence-electron chi connectivity index (χ2n) is 3.81. The third kappa shape index (κ3) is 1.90. The van der Waals surface area contributed by atoms with Gasteiger partial charge in [0.25, 0.3) is 0 Å². The third-order valence-corrected chi connectivity index (χ3v) is 2.86. The highest BCUT2D eigenvalue weighted by molar-refractivity contribution is 5.47. The summed E-state index contributed by atoms with van der Waals surface area (Å²) in [5, 5.41) is 3.20. The largest absolute Gasteiger partial charge is 0.374 e. The maximum absolute atomic E-state index is 5.20. The molecule has 0 heterocycles. The molecule has 0 radical (unpaired) electrons. The molecule has 0 aromatic heterocycles. The van der Waals surface area contributed by atoms with E-state index in [-0.39, 0.29) is 0 Å². The zero-order valence-electron chi connectivity index (χ0n) is 8.29. The van der Waals surface area contributed by atoms with E-state index < -0.39 is 0 Å². The lowest BCUT2D eigenvalue weighted by molar-refractivity contribution is 0.420. The molecule has 1 heteroatoms. The number of benzene rings is 1. The second-order valence-corrected chi connectivity index (χ2v) is 3.81. The summed E-state index contributed by atoms with van der Waals surface area (Å²) >= 11 is 0. The van der Waals surface area contributed by atoms with Crippen molar-refractivity contribution in [3.05, 3.63) is 29.8 Å². The Bertz CT molecular complexity index is 344. The van der Waals surface area contributed by atoms with Crippen LogP contribution in [-0.2, 0) is 0 Å². The van der Waals surface area contributed by atoms with Crippen LogP contribution in [-0.4, -0.2) is 6.54 Å². The van der Waals surface area contributed by atoms with Crippen molar-refractivity contribution in [1.29, 1.82) is 0 Å². The predicted molar refractivity (Wildman–Crippen MR) is 60.4 cm³/mol. The fourth-order valence-electron chi connectivity index (χ4n) is 1.80. The molecular weight excluding hydrogens is 170 g/mol.